The molecule has 3 rings (SSSR count). The molecule has 1 N–H and O–H groups in total. The number of carboxylic acid groups (broad SMARTS) is 1. The van der Waals surface area contributed by atoms with Crippen molar-refractivity contribution in [3.8, 4) is 0 Å². The summed E-state index contributed by atoms with van der Waals surface area (Å²) in [5.41, 5.74) is 1.37. The number of hydrogen-bond acceptors (Lipinski definition) is 2. The Labute approximate surface area is 105 Å². The van der Waals surface area contributed by atoms with Gasteiger partial charge in [0.05, 0.1) is 0 Å². The highest BCUT2D eigenvalue weighted by atomic mass is 19.1. The van der Waals surface area contributed by atoms with E-state index in [-0.39, 0.29) is 11.2 Å². The summed E-state index contributed by atoms with van der Waals surface area (Å²) in [6.07, 6.45) is 3.02. The second kappa shape index (κ2) is 3.70. The van der Waals surface area contributed by atoms with Crippen LogP contribution in [0.15, 0.2) is 18.2 Å². The van der Waals surface area contributed by atoms with Crippen LogP contribution in [0.5, 0.6) is 0 Å². The number of halogens is 1. The van der Waals surface area contributed by atoms with Gasteiger partial charge in [-0.25, -0.2) is 9.18 Å². The summed E-state index contributed by atoms with van der Waals surface area (Å²) in [4.78, 5) is 13.0. The van der Waals surface area contributed by atoms with Gasteiger partial charge in [0.2, 0.25) is 0 Å². The molecular formula is C14H16FNO2. The Hall–Kier alpha value is -1.58. The van der Waals surface area contributed by atoms with Crippen molar-refractivity contribution in [2.75, 3.05) is 11.4 Å². The molecule has 1 spiro atoms. The van der Waals surface area contributed by atoms with Crippen molar-refractivity contribution in [2.45, 2.75) is 37.6 Å². The lowest BCUT2D eigenvalue weighted by Crippen LogP contribution is -2.44. The smallest absolute Gasteiger partial charge is 0.326 e. The van der Waals surface area contributed by atoms with Crippen LogP contribution in [0.3, 0.4) is 0 Å². The van der Waals surface area contributed by atoms with Gasteiger partial charge in [-0.3, -0.25) is 0 Å². The van der Waals surface area contributed by atoms with Gasteiger partial charge in [-0.05, 0) is 31.9 Å². The van der Waals surface area contributed by atoms with Gasteiger partial charge in [-0.15, -0.1) is 0 Å². The topological polar surface area (TPSA) is 40.5 Å². The molecule has 1 aromatic rings. The molecule has 18 heavy (non-hydrogen) atoms. The average Bonchev–Trinajstić information content (AvgIpc) is 2.64. The van der Waals surface area contributed by atoms with Crippen LogP contribution in [0.4, 0.5) is 10.1 Å². The van der Waals surface area contributed by atoms with E-state index in [1.807, 2.05) is 11.0 Å². The van der Waals surface area contributed by atoms with Gasteiger partial charge in [0.1, 0.15) is 11.9 Å². The van der Waals surface area contributed by atoms with E-state index in [9.17, 15) is 9.18 Å². The molecule has 1 aromatic carbocycles. The molecule has 1 aliphatic carbocycles. The fourth-order valence-corrected chi connectivity index (χ4v) is 3.26. The van der Waals surface area contributed by atoms with Gasteiger partial charge in [0.15, 0.2) is 0 Å². The predicted molar refractivity (Wildman–Crippen MR) is 66.4 cm³/mol. The third-order valence-electron chi connectivity index (χ3n) is 4.44. The van der Waals surface area contributed by atoms with Crippen LogP contribution < -0.4 is 4.90 Å². The molecule has 1 saturated carbocycles. The number of fused-ring (bicyclic) bond motifs is 2. The van der Waals surface area contributed by atoms with E-state index in [4.69, 9.17) is 5.11 Å². The first-order valence-corrected chi connectivity index (χ1v) is 6.34. The summed E-state index contributed by atoms with van der Waals surface area (Å²) in [6, 6.07) is 4.37. The SMILES string of the molecule is CC(C(=O)O)N1CC2(CCC2)c2c(F)cccc21. The molecule has 1 heterocycles. The zero-order valence-corrected chi connectivity index (χ0v) is 10.3. The third-order valence-corrected chi connectivity index (χ3v) is 4.44. The van der Waals surface area contributed by atoms with Crippen LogP contribution >= 0.6 is 0 Å². The minimum Gasteiger partial charge on any atom is -0.480 e. The molecule has 0 radical (unpaired) electrons. The van der Waals surface area contributed by atoms with Crippen molar-refractivity contribution >= 4 is 11.7 Å². The fourth-order valence-electron chi connectivity index (χ4n) is 3.26. The number of carboxylic acids is 1. The monoisotopic (exact) mass is 249 g/mol. The number of hydrogen-bond donors (Lipinski definition) is 1. The Balaban J connectivity index is 2.09. The van der Waals surface area contributed by atoms with Crippen molar-refractivity contribution in [1.82, 2.24) is 0 Å². The Kier molecular flexibility index (Phi) is 2.37. The molecule has 96 valence electrons. The molecule has 0 bridgehead atoms. The van der Waals surface area contributed by atoms with Crippen molar-refractivity contribution < 1.29 is 14.3 Å². The lowest BCUT2D eigenvalue weighted by Gasteiger charge is -2.39. The molecule has 1 unspecified atom stereocenters. The summed E-state index contributed by atoms with van der Waals surface area (Å²) in [7, 11) is 0. The molecule has 2 aliphatic rings. The quantitative estimate of drug-likeness (QED) is 0.875. The number of anilines is 1. The van der Waals surface area contributed by atoms with E-state index in [2.05, 4.69) is 0 Å². The van der Waals surface area contributed by atoms with E-state index in [1.165, 1.54) is 6.07 Å². The van der Waals surface area contributed by atoms with E-state index in [0.29, 0.717) is 6.54 Å². The van der Waals surface area contributed by atoms with E-state index < -0.39 is 12.0 Å². The van der Waals surface area contributed by atoms with Gasteiger partial charge < -0.3 is 10.0 Å². The van der Waals surface area contributed by atoms with E-state index in [0.717, 1.165) is 30.5 Å². The zero-order chi connectivity index (χ0) is 12.9. The average molecular weight is 249 g/mol. The Bertz CT molecular complexity index is 511. The maximum atomic E-state index is 14.1. The molecule has 0 saturated heterocycles. The molecule has 1 atom stereocenters. The summed E-state index contributed by atoms with van der Waals surface area (Å²) >= 11 is 0. The largest absolute Gasteiger partial charge is 0.480 e. The Morgan fingerprint density at radius 2 is 2.22 bits per heavy atom. The summed E-state index contributed by atoms with van der Waals surface area (Å²) in [5, 5.41) is 9.16. The highest BCUT2D eigenvalue weighted by Crippen LogP contribution is 2.53. The first kappa shape index (κ1) is 11.5. The lowest BCUT2D eigenvalue weighted by atomic mass is 9.65. The second-order valence-electron chi connectivity index (χ2n) is 5.41. The lowest BCUT2D eigenvalue weighted by molar-refractivity contribution is -0.138. The van der Waals surface area contributed by atoms with Crippen molar-refractivity contribution in [2.24, 2.45) is 0 Å². The minimum absolute atomic E-state index is 0.135. The highest BCUT2D eigenvalue weighted by Gasteiger charge is 2.50. The van der Waals surface area contributed by atoms with Gasteiger partial charge in [0.25, 0.3) is 0 Å². The zero-order valence-electron chi connectivity index (χ0n) is 10.3. The van der Waals surface area contributed by atoms with Crippen molar-refractivity contribution in [3.63, 3.8) is 0 Å². The number of rotatable bonds is 2. The standard InChI is InChI=1S/C14H16FNO2/c1-9(13(17)18)16-8-14(6-3-7-14)12-10(15)4-2-5-11(12)16/h2,4-5,9H,3,6-8H2,1H3,(H,17,18). The highest BCUT2D eigenvalue weighted by molar-refractivity contribution is 5.80. The van der Waals surface area contributed by atoms with E-state index in [1.54, 1.807) is 13.0 Å². The van der Waals surface area contributed by atoms with Gasteiger partial charge in [-0.1, -0.05) is 12.5 Å². The van der Waals surface area contributed by atoms with Crippen LogP contribution in [-0.4, -0.2) is 23.7 Å². The maximum Gasteiger partial charge on any atom is 0.326 e. The maximum absolute atomic E-state index is 14.1. The van der Waals surface area contributed by atoms with Crippen LogP contribution in [0.25, 0.3) is 0 Å². The first-order chi connectivity index (χ1) is 8.55. The number of aliphatic carboxylic acids is 1. The summed E-state index contributed by atoms with van der Waals surface area (Å²) in [6.45, 7) is 2.30. The molecular weight excluding hydrogens is 233 g/mol. The fraction of sp³-hybridized carbons (Fsp3) is 0.500. The van der Waals surface area contributed by atoms with Crippen LogP contribution in [0.2, 0.25) is 0 Å². The summed E-state index contributed by atoms with van der Waals surface area (Å²) in [5.74, 6) is -1.05. The molecule has 0 amide bonds. The second-order valence-corrected chi connectivity index (χ2v) is 5.41. The van der Waals surface area contributed by atoms with Crippen LogP contribution in [0.1, 0.15) is 31.7 Å². The van der Waals surface area contributed by atoms with Gasteiger partial charge >= 0.3 is 5.97 Å². The Morgan fingerprint density at radius 3 is 2.78 bits per heavy atom. The number of benzene rings is 1. The molecule has 0 aromatic heterocycles. The van der Waals surface area contributed by atoms with Gasteiger partial charge in [-0.2, -0.15) is 0 Å². The first-order valence-electron chi connectivity index (χ1n) is 6.34. The molecule has 3 nitrogen and oxygen atoms in total. The normalized spacial score (nSPS) is 21.6. The van der Waals surface area contributed by atoms with Crippen molar-refractivity contribution in [1.29, 1.82) is 0 Å². The number of carbonyl (C=O) groups is 1. The third kappa shape index (κ3) is 1.38. The molecule has 1 aliphatic heterocycles. The van der Waals surface area contributed by atoms with Crippen LogP contribution in [-0.2, 0) is 10.2 Å². The Morgan fingerprint density at radius 1 is 1.50 bits per heavy atom. The minimum atomic E-state index is -0.860. The number of nitrogens with zero attached hydrogens (tertiary/aromatic N) is 1. The molecule has 1 fully saturated rings. The molecule has 4 heteroatoms. The van der Waals surface area contributed by atoms with Gasteiger partial charge in [0, 0.05) is 23.2 Å². The van der Waals surface area contributed by atoms with E-state index >= 15 is 0 Å². The summed E-state index contributed by atoms with van der Waals surface area (Å²) < 4.78 is 14.1. The predicted octanol–water partition coefficient (Wildman–Crippen LogP) is 2.54. The van der Waals surface area contributed by atoms with Crippen molar-refractivity contribution in [3.05, 3.63) is 29.6 Å². The van der Waals surface area contributed by atoms with Crippen LogP contribution in [0, 0.1) is 5.82 Å².